The minimum absolute atomic E-state index is 0.376. The maximum absolute atomic E-state index is 4.68. The molecule has 9 heavy (non-hydrogen) atoms. The molecule has 0 N–H and O–H groups in total. The Kier molecular flexibility index (Phi) is 1.46. The Labute approximate surface area is 53.4 Å². The van der Waals surface area contributed by atoms with Crippen molar-refractivity contribution in [3.05, 3.63) is 5.82 Å². The normalized spacial score (nSPS) is 10.7. The zero-order valence-electron chi connectivity index (χ0n) is 5.83. The molecule has 0 aliphatic heterocycles. The molecule has 0 saturated heterocycles. The largest absolute Gasteiger partial charge is 0.320 e. The third-order valence-electron chi connectivity index (χ3n) is 1.14. The van der Waals surface area contributed by atoms with Crippen LogP contribution in [0, 0.1) is 0 Å². The molecule has 50 valence electrons. The van der Waals surface area contributed by atoms with E-state index in [4.69, 9.17) is 0 Å². The van der Waals surface area contributed by atoms with Gasteiger partial charge in [0.05, 0.1) is 7.05 Å². The molecule has 0 spiro atoms. The monoisotopic (exact) mass is 128 g/mol. The fraction of sp³-hybridized carbons (Fsp3) is 0.800. The van der Waals surface area contributed by atoms with Crippen LogP contribution < -0.4 is 4.74 Å². The number of hydrogen-bond acceptors (Lipinski definition) is 3. The summed E-state index contributed by atoms with van der Waals surface area (Å²) < 4.78 is 6.24. The van der Waals surface area contributed by atoms with Crippen LogP contribution in [0.2, 0.25) is 0 Å². The van der Waals surface area contributed by atoms with Crippen LogP contribution in [0.25, 0.3) is 0 Å². The van der Waals surface area contributed by atoms with Gasteiger partial charge in [-0.2, -0.15) is 0 Å². The first-order chi connectivity index (χ1) is 4.22. The van der Waals surface area contributed by atoms with Crippen molar-refractivity contribution < 1.29 is 9.37 Å². The summed E-state index contributed by atoms with van der Waals surface area (Å²) in [7, 11) is 1.79. The van der Waals surface area contributed by atoms with Crippen LogP contribution in [0.5, 0.6) is 0 Å². The second-order valence-electron chi connectivity index (χ2n) is 2.27. The van der Waals surface area contributed by atoms with Crippen LogP contribution in [0.3, 0.4) is 0 Å². The lowest BCUT2D eigenvalue weighted by molar-refractivity contribution is -0.860. The topological polar surface area (TPSA) is 42.8 Å². The van der Waals surface area contributed by atoms with E-state index in [-0.39, 0.29) is 0 Å². The average Bonchev–Trinajstić information content (AvgIpc) is 2.13. The lowest BCUT2D eigenvalue weighted by atomic mass is 10.2. The minimum Gasteiger partial charge on any atom is -0.101 e. The molecule has 0 atom stereocenters. The average molecular weight is 128 g/mol. The van der Waals surface area contributed by atoms with Crippen LogP contribution in [0.1, 0.15) is 25.6 Å². The van der Waals surface area contributed by atoms with E-state index in [1.165, 1.54) is 0 Å². The summed E-state index contributed by atoms with van der Waals surface area (Å²) in [5.41, 5.74) is 0. The summed E-state index contributed by atoms with van der Waals surface area (Å²) in [5, 5.41) is 7.14. The fourth-order valence-electron chi connectivity index (χ4n) is 0.699. The Morgan fingerprint density at radius 1 is 1.56 bits per heavy atom. The summed E-state index contributed by atoms with van der Waals surface area (Å²) in [4.78, 5) is 0. The summed E-state index contributed by atoms with van der Waals surface area (Å²) in [5.74, 6) is 1.25. The molecule has 0 bridgehead atoms. The molecule has 0 aromatic carbocycles. The number of rotatable bonds is 1. The second kappa shape index (κ2) is 2.13. The van der Waals surface area contributed by atoms with E-state index in [0.717, 1.165) is 5.82 Å². The molecule has 1 rings (SSSR count). The van der Waals surface area contributed by atoms with Crippen LogP contribution in [-0.4, -0.2) is 10.4 Å². The van der Waals surface area contributed by atoms with Crippen LogP contribution in [0.4, 0.5) is 0 Å². The molecule has 0 saturated carbocycles. The molecule has 1 heterocycles. The van der Waals surface area contributed by atoms with Crippen molar-refractivity contribution in [2.24, 2.45) is 7.05 Å². The Hall–Kier alpha value is -0.930. The number of hydrogen-bond donors (Lipinski definition) is 0. The molecular weight excluding hydrogens is 118 g/mol. The van der Waals surface area contributed by atoms with Crippen molar-refractivity contribution in [1.82, 2.24) is 10.4 Å². The fourth-order valence-corrected chi connectivity index (χ4v) is 0.699. The van der Waals surface area contributed by atoms with Gasteiger partial charge < -0.3 is 0 Å². The van der Waals surface area contributed by atoms with Gasteiger partial charge >= 0.3 is 5.82 Å². The Morgan fingerprint density at radius 3 is 2.44 bits per heavy atom. The summed E-state index contributed by atoms with van der Waals surface area (Å²) in [6, 6.07) is 0. The zero-order chi connectivity index (χ0) is 6.85. The maximum Gasteiger partial charge on any atom is 0.320 e. The number of aryl methyl sites for hydroxylation is 1. The first-order valence-electron chi connectivity index (χ1n) is 2.90. The molecule has 4 nitrogen and oxygen atoms in total. The smallest absolute Gasteiger partial charge is 0.101 e. The molecule has 0 amide bonds. The van der Waals surface area contributed by atoms with Gasteiger partial charge in [0.1, 0.15) is 5.10 Å². The predicted octanol–water partition coefficient (Wildman–Crippen LogP) is 0.0175. The Balaban J connectivity index is 2.94. The van der Waals surface area contributed by atoms with Gasteiger partial charge in [0, 0.05) is 5.92 Å². The van der Waals surface area contributed by atoms with Crippen molar-refractivity contribution >= 4 is 0 Å². The Bertz CT molecular complexity index is 194. The highest BCUT2D eigenvalue weighted by molar-refractivity contribution is 4.76. The molecule has 0 fully saturated rings. The van der Waals surface area contributed by atoms with Crippen molar-refractivity contribution in [3.8, 4) is 0 Å². The Morgan fingerprint density at radius 2 is 2.22 bits per heavy atom. The molecule has 0 unspecified atom stereocenters. The molecular formula is C5H10N3O+. The van der Waals surface area contributed by atoms with Gasteiger partial charge in [-0.15, -0.1) is 4.63 Å². The third-order valence-corrected chi connectivity index (χ3v) is 1.14. The van der Waals surface area contributed by atoms with E-state index in [0.29, 0.717) is 5.92 Å². The van der Waals surface area contributed by atoms with Gasteiger partial charge in [0.2, 0.25) is 0 Å². The van der Waals surface area contributed by atoms with Gasteiger partial charge in [-0.25, -0.2) is 0 Å². The van der Waals surface area contributed by atoms with E-state index < -0.39 is 0 Å². The van der Waals surface area contributed by atoms with Gasteiger partial charge in [-0.05, 0) is 0 Å². The van der Waals surface area contributed by atoms with E-state index >= 15 is 0 Å². The highest BCUT2D eigenvalue weighted by Crippen LogP contribution is 2.02. The molecule has 0 aliphatic rings. The van der Waals surface area contributed by atoms with Crippen molar-refractivity contribution in [3.63, 3.8) is 0 Å². The summed E-state index contributed by atoms with van der Waals surface area (Å²) in [6.07, 6.45) is 0. The van der Waals surface area contributed by atoms with E-state index in [9.17, 15) is 0 Å². The van der Waals surface area contributed by atoms with Crippen LogP contribution in [-0.2, 0) is 7.05 Å². The predicted molar refractivity (Wildman–Crippen MR) is 29.6 cm³/mol. The highest BCUT2D eigenvalue weighted by atomic mass is 16.6. The van der Waals surface area contributed by atoms with Gasteiger partial charge in [0.15, 0.2) is 0 Å². The lowest BCUT2D eigenvalue weighted by Crippen LogP contribution is -2.31. The first kappa shape index (κ1) is 6.19. The van der Waals surface area contributed by atoms with E-state index in [1.54, 1.807) is 11.8 Å². The maximum atomic E-state index is 4.68. The molecule has 0 aliphatic carbocycles. The van der Waals surface area contributed by atoms with Gasteiger partial charge in [-0.1, -0.05) is 18.6 Å². The van der Waals surface area contributed by atoms with Crippen LogP contribution >= 0.6 is 0 Å². The van der Waals surface area contributed by atoms with Crippen molar-refractivity contribution in [2.75, 3.05) is 0 Å². The number of nitrogens with zero attached hydrogens (tertiary/aromatic N) is 3. The molecule has 1 aromatic heterocycles. The quantitative estimate of drug-likeness (QED) is 0.501. The van der Waals surface area contributed by atoms with Crippen molar-refractivity contribution in [2.45, 2.75) is 19.8 Å². The summed E-state index contributed by atoms with van der Waals surface area (Å²) in [6.45, 7) is 4.08. The molecule has 0 radical (unpaired) electrons. The van der Waals surface area contributed by atoms with E-state index in [2.05, 4.69) is 15.0 Å². The van der Waals surface area contributed by atoms with Crippen molar-refractivity contribution in [1.29, 1.82) is 0 Å². The lowest BCUT2D eigenvalue weighted by Gasteiger charge is -1.89. The van der Waals surface area contributed by atoms with Gasteiger partial charge in [-0.3, -0.25) is 0 Å². The second-order valence-corrected chi connectivity index (χ2v) is 2.27. The van der Waals surface area contributed by atoms with Crippen LogP contribution in [0.15, 0.2) is 4.63 Å². The summed E-state index contributed by atoms with van der Waals surface area (Å²) >= 11 is 0. The van der Waals surface area contributed by atoms with Gasteiger partial charge in [0.25, 0.3) is 5.27 Å². The minimum atomic E-state index is 0.376. The third kappa shape index (κ3) is 1.06. The highest BCUT2D eigenvalue weighted by Gasteiger charge is 2.16. The van der Waals surface area contributed by atoms with E-state index in [1.807, 2.05) is 13.8 Å². The first-order valence-corrected chi connectivity index (χ1v) is 2.90. The standard InChI is InChI=1S/C5H10N3O/c1-4(2)5-6-7-9-8(5)3/h4H,1-3H3/q+1. The number of aromatic nitrogens is 3. The molecule has 1 aromatic rings. The SMILES string of the molecule is CC(C)c1nno[n+]1C. The molecule has 4 heteroatoms. The zero-order valence-corrected chi connectivity index (χ0v) is 5.83.